The predicted octanol–water partition coefficient (Wildman–Crippen LogP) is 2.95. The second kappa shape index (κ2) is 8.18. The molecule has 0 radical (unpaired) electrons. The summed E-state index contributed by atoms with van der Waals surface area (Å²) in [7, 11) is -4.02. The van der Waals surface area contributed by atoms with Crippen LogP contribution in [0.3, 0.4) is 0 Å². The Labute approximate surface area is 185 Å². The number of rotatable bonds is 4. The summed E-state index contributed by atoms with van der Waals surface area (Å²) in [6, 6.07) is 6.06. The van der Waals surface area contributed by atoms with E-state index >= 15 is 0 Å². The highest BCUT2D eigenvalue weighted by atomic mass is 32.2. The van der Waals surface area contributed by atoms with Gasteiger partial charge in [0.05, 0.1) is 10.6 Å². The fourth-order valence-electron chi connectivity index (χ4n) is 4.02. The van der Waals surface area contributed by atoms with Crippen LogP contribution in [-0.4, -0.2) is 43.2 Å². The van der Waals surface area contributed by atoms with E-state index in [1.54, 1.807) is 26.8 Å². The van der Waals surface area contributed by atoms with Gasteiger partial charge in [0.25, 0.3) is 5.91 Å². The van der Waals surface area contributed by atoms with Crippen molar-refractivity contribution >= 4 is 33.2 Å². The van der Waals surface area contributed by atoms with Crippen LogP contribution >= 0.6 is 0 Å². The van der Waals surface area contributed by atoms with Gasteiger partial charge in [-0.1, -0.05) is 0 Å². The zero-order valence-corrected chi connectivity index (χ0v) is 18.8. The Morgan fingerprint density at radius 3 is 2.69 bits per heavy atom. The highest BCUT2D eigenvalue weighted by molar-refractivity contribution is 7.89. The largest absolute Gasteiger partial charge is 0.479 e. The van der Waals surface area contributed by atoms with Gasteiger partial charge >= 0.3 is 0 Å². The van der Waals surface area contributed by atoms with Crippen LogP contribution in [0.15, 0.2) is 35.2 Å². The van der Waals surface area contributed by atoms with Crippen LogP contribution in [0.4, 0.5) is 15.8 Å². The molecule has 0 spiro atoms. The van der Waals surface area contributed by atoms with Gasteiger partial charge in [-0.25, -0.2) is 12.8 Å². The minimum atomic E-state index is -4.02. The number of fused-ring (bicyclic) bond motifs is 1. The number of nitrogens with zero attached hydrogens (tertiary/aromatic N) is 1. The van der Waals surface area contributed by atoms with Gasteiger partial charge in [-0.15, -0.1) is 0 Å². The summed E-state index contributed by atoms with van der Waals surface area (Å²) in [4.78, 5) is 24.8. The van der Waals surface area contributed by atoms with Crippen LogP contribution in [0.2, 0.25) is 0 Å². The number of anilines is 2. The molecule has 10 heteroatoms. The lowest BCUT2D eigenvalue weighted by Crippen LogP contribution is -2.43. The second-order valence-electron chi connectivity index (χ2n) is 8.09. The van der Waals surface area contributed by atoms with Crippen LogP contribution in [-0.2, 0) is 19.6 Å². The first-order valence-electron chi connectivity index (χ1n) is 10.3. The number of nitrogens with one attached hydrogen (secondary N) is 2. The molecule has 0 bridgehead atoms. The van der Waals surface area contributed by atoms with Crippen molar-refractivity contribution in [2.75, 3.05) is 17.2 Å². The molecule has 32 heavy (non-hydrogen) atoms. The van der Waals surface area contributed by atoms with E-state index < -0.39 is 33.9 Å². The van der Waals surface area contributed by atoms with E-state index in [2.05, 4.69) is 10.6 Å². The number of hydrogen-bond acceptors (Lipinski definition) is 5. The van der Waals surface area contributed by atoms with Crippen molar-refractivity contribution in [1.82, 2.24) is 4.31 Å². The third kappa shape index (κ3) is 3.95. The molecule has 0 unspecified atom stereocenters. The monoisotopic (exact) mass is 461 g/mol. The third-order valence-electron chi connectivity index (χ3n) is 5.75. The molecule has 2 aliphatic heterocycles. The maximum atomic E-state index is 13.5. The molecular weight excluding hydrogens is 437 g/mol. The van der Waals surface area contributed by atoms with Crippen molar-refractivity contribution in [2.24, 2.45) is 0 Å². The van der Waals surface area contributed by atoms with E-state index in [1.165, 1.54) is 28.6 Å². The van der Waals surface area contributed by atoms with E-state index in [9.17, 15) is 22.4 Å². The van der Waals surface area contributed by atoms with Crippen molar-refractivity contribution in [3.8, 4) is 5.75 Å². The van der Waals surface area contributed by atoms with E-state index in [-0.39, 0.29) is 23.1 Å². The molecule has 2 N–H and O–H groups in total. The highest BCUT2D eigenvalue weighted by Gasteiger charge is 2.41. The number of sulfonamides is 1. The molecule has 170 valence electrons. The molecule has 8 nitrogen and oxygen atoms in total. The molecule has 0 saturated carbocycles. The van der Waals surface area contributed by atoms with Crippen molar-refractivity contribution < 1.29 is 27.1 Å². The molecular formula is C22H24FN3O5S. The second-order valence-corrected chi connectivity index (χ2v) is 9.94. The molecule has 2 aromatic carbocycles. The van der Waals surface area contributed by atoms with Gasteiger partial charge in [0.15, 0.2) is 6.10 Å². The predicted molar refractivity (Wildman–Crippen MR) is 117 cm³/mol. The molecule has 4 rings (SSSR count). The Morgan fingerprint density at radius 1 is 1.22 bits per heavy atom. The van der Waals surface area contributed by atoms with Crippen LogP contribution in [0.25, 0.3) is 0 Å². The number of carbonyl (C=O) groups is 2. The number of halogens is 1. The lowest BCUT2D eigenvalue weighted by Gasteiger charge is -2.27. The summed E-state index contributed by atoms with van der Waals surface area (Å²) in [5, 5.41) is 5.42. The van der Waals surface area contributed by atoms with Gasteiger partial charge < -0.3 is 15.4 Å². The molecule has 0 aliphatic carbocycles. The summed E-state index contributed by atoms with van der Waals surface area (Å²) in [6.45, 7) is 5.07. The normalized spacial score (nSPS) is 20.9. The molecule has 2 aliphatic rings. The fourth-order valence-corrected chi connectivity index (χ4v) is 5.90. The van der Waals surface area contributed by atoms with Crippen LogP contribution < -0.4 is 15.4 Å². The number of carbonyl (C=O) groups excluding carboxylic acids is 2. The van der Waals surface area contributed by atoms with Gasteiger partial charge in [-0.05, 0) is 69.0 Å². The Morgan fingerprint density at radius 2 is 1.97 bits per heavy atom. The molecule has 0 aromatic heterocycles. The van der Waals surface area contributed by atoms with Gasteiger partial charge in [0.1, 0.15) is 17.6 Å². The summed E-state index contributed by atoms with van der Waals surface area (Å²) >= 11 is 0. The SMILES string of the molecule is Cc1cc(F)ccc1NC(=O)[C@@H]1CCCN1S(=O)(=O)c1cc2c(cc1C)NC(=O)[C@H](C)O2. The van der Waals surface area contributed by atoms with Gasteiger partial charge in [0.2, 0.25) is 15.9 Å². The number of aryl methyl sites for hydroxylation is 2. The van der Waals surface area contributed by atoms with Crippen LogP contribution in [0.1, 0.15) is 30.9 Å². The van der Waals surface area contributed by atoms with E-state index in [0.29, 0.717) is 35.3 Å². The van der Waals surface area contributed by atoms with Gasteiger partial charge in [-0.2, -0.15) is 4.31 Å². The third-order valence-corrected chi connectivity index (χ3v) is 7.80. The minimum absolute atomic E-state index is 0.0252. The smallest absolute Gasteiger partial charge is 0.265 e. The van der Waals surface area contributed by atoms with Gasteiger partial charge in [0, 0.05) is 18.3 Å². The molecule has 2 amide bonds. The number of amides is 2. The summed E-state index contributed by atoms with van der Waals surface area (Å²) in [5.74, 6) is -0.919. The van der Waals surface area contributed by atoms with Crippen molar-refractivity contribution in [3.05, 3.63) is 47.3 Å². The quantitative estimate of drug-likeness (QED) is 0.729. The standard InChI is InChI=1S/C22H24FN3O5S/c1-12-9-15(23)6-7-16(12)24-22(28)18-5-4-8-26(18)32(29,30)20-11-19-17(10-13(20)2)25-21(27)14(3)31-19/h6-7,9-11,14,18H,4-5,8H2,1-3H3,(H,24,28)(H,25,27)/t14-,18-/m0/s1. The zero-order valence-electron chi connectivity index (χ0n) is 17.9. The van der Waals surface area contributed by atoms with Crippen molar-refractivity contribution in [3.63, 3.8) is 0 Å². The van der Waals surface area contributed by atoms with Crippen molar-refractivity contribution in [2.45, 2.75) is 50.7 Å². The maximum Gasteiger partial charge on any atom is 0.265 e. The Balaban J connectivity index is 1.63. The summed E-state index contributed by atoms with van der Waals surface area (Å²) in [5.41, 5.74) is 1.82. The number of benzene rings is 2. The van der Waals surface area contributed by atoms with E-state index in [4.69, 9.17) is 4.74 Å². The van der Waals surface area contributed by atoms with E-state index in [0.717, 1.165) is 0 Å². The average Bonchev–Trinajstić information content (AvgIpc) is 3.22. The number of ether oxygens (including phenoxy) is 1. The molecule has 1 saturated heterocycles. The fraction of sp³-hybridized carbons (Fsp3) is 0.364. The lowest BCUT2D eigenvalue weighted by molar-refractivity contribution is -0.122. The zero-order chi connectivity index (χ0) is 23.2. The van der Waals surface area contributed by atoms with Crippen LogP contribution in [0.5, 0.6) is 5.75 Å². The van der Waals surface area contributed by atoms with Crippen LogP contribution in [0, 0.1) is 19.7 Å². The van der Waals surface area contributed by atoms with E-state index in [1.807, 2.05) is 0 Å². The average molecular weight is 462 g/mol. The topological polar surface area (TPSA) is 105 Å². The minimum Gasteiger partial charge on any atom is -0.479 e. The molecule has 1 fully saturated rings. The first-order chi connectivity index (χ1) is 15.1. The lowest BCUT2D eigenvalue weighted by atomic mass is 10.1. The number of hydrogen-bond donors (Lipinski definition) is 2. The molecule has 2 atom stereocenters. The first kappa shape index (κ1) is 22.2. The molecule has 2 aromatic rings. The maximum absolute atomic E-state index is 13.5. The van der Waals surface area contributed by atoms with Crippen molar-refractivity contribution in [1.29, 1.82) is 0 Å². The first-order valence-corrected chi connectivity index (χ1v) is 11.7. The van der Waals surface area contributed by atoms with Gasteiger partial charge in [-0.3, -0.25) is 9.59 Å². The summed E-state index contributed by atoms with van der Waals surface area (Å²) < 4.78 is 47.2. The highest BCUT2D eigenvalue weighted by Crippen LogP contribution is 2.37. The Bertz CT molecular complexity index is 1210. The Hall–Kier alpha value is -2.98. The summed E-state index contributed by atoms with van der Waals surface area (Å²) in [6.07, 6.45) is 0.164. The molecule has 2 heterocycles. The Kier molecular flexibility index (Phi) is 5.68.